The Balaban J connectivity index is 1.69. The van der Waals surface area contributed by atoms with Crippen LogP contribution in [0.25, 0.3) is 0 Å². The molecule has 0 N–H and O–H groups in total. The number of hydrogen-bond acceptors (Lipinski definition) is 2. The fraction of sp³-hybridized carbons (Fsp3) is 0.600. The van der Waals surface area contributed by atoms with Gasteiger partial charge < -0.3 is 9.64 Å². The van der Waals surface area contributed by atoms with E-state index in [-0.39, 0.29) is 0 Å². The van der Waals surface area contributed by atoms with Crippen LogP contribution < -0.4 is 4.74 Å². The molecule has 0 spiro atoms. The standard InChI is InChI=1S/C15H21NO/c1-17-15-6-5-13-4-3-12(9-14(13)10-15)11-16-7-2-8-16/h5-6,10,12H,2-4,7-9,11H2,1H3/t12-/m1/s1. The minimum absolute atomic E-state index is 0.856. The number of fused-ring (bicyclic) bond motifs is 1. The highest BCUT2D eigenvalue weighted by Crippen LogP contribution is 2.29. The third kappa shape index (κ3) is 2.32. The minimum Gasteiger partial charge on any atom is -0.497 e. The SMILES string of the molecule is COc1ccc2c(c1)C[C@H](CN1CCC1)CC2. The van der Waals surface area contributed by atoms with E-state index in [1.807, 2.05) is 0 Å². The number of rotatable bonds is 3. The Morgan fingerprint density at radius 3 is 2.88 bits per heavy atom. The number of ether oxygens (including phenoxy) is 1. The van der Waals surface area contributed by atoms with Gasteiger partial charge in [-0.05, 0) is 68.0 Å². The summed E-state index contributed by atoms with van der Waals surface area (Å²) in [5, 5.41) is 0. The second-order valence-corrected chi connectivity index (χ2v) is 5.40. The van der Waals surface area contributed by atoms with Crippen LogP contribution in [-0.4, -0.2) is 31.6 Å². The van der Waals surface area contributed by atoms with Gasteiger partial charge in [0.25, 0.3) is 0 Å². The normalized spacial score (nSPS) is 23.9. The second-order valence-electron chi connectivity index (χ2n) is 5.40. The molecule has 0 radical (unpaired) electrons. The van der Waals surface area contributed by atoms with Gasteiger partial charge in [0.15, 0.2) is 0 Å². The van der Waals surface area contributed by atoms with E-state index >= 15 is 0 Å². The van der Waals surface area contributed by atoms with Crippen molar-refractivity contribution in [3.8, 4) is 5.75 Å². The van der Waals surface area contributed by atoms with E-state index in [0.717, 1.165) is 11.7 Å². The molecule has 1 aliphatic carbocycles. The summed E-state index contributed by atoms with van der Waals surface area (Å²) in [7, 11) is 1.75. The summed E-state index contributed by atoms with van der Waals surface area (Å²) in [5.41, 5.74) is 3.05. The summed E-state index contributed by atoms with van der Waals surface area (Å²) < 4.78 is 5.32. The summed E-state index contributed by atoms with van der Waals surface area (Å²) in [4.78, 5) is 2.59. The largest absolute Gasteiger partial charge is 0.497 e. The molecule has 1 atom stereocenters. The molecule has 2 heteroatoms. The maximum atomic E-state index is 5.32. The van der Waals surface area contributed by atoms with Crippen LogP contribution in [0, 0.1) is 5.92 Å². The van der Waals surface area contributed by atoms with Crippen LogP contribution in [0.15, 0.2) is 18.2 Å². The summed E-state index contributed by atoms with van der Waals surface area (Å²) >= 11 is 0. The molecular weight excluding hydrogens is 210 g/mol. The maximum absolute atomic E-state index is 5.32. The number of benzene rings is 1. The Labute approximate surface area is 104 Å². The quantitative estimate of drug-likeness (QED) is 0.792. The zero-order valence-corrected chi connectivity index (χ0v) is 10.6. The van der Waals surface area contributed by atoms with E-state index < -0.39 is 0 Å². The molecular formula is C15H21NO. The van der Waals surface area contributed by atoms with E-state index in [1.165, 1.54) is 56.4 Å². The molecule has 0 bridgehead atoms. The van der Waals surface area contributed by atoms with Crippen LogP contribution in [0.5, 0.6) is 5.75 Å². The van der Waals surface area contributed by atoms with Crippen molar-refractivity contribution in [1.82, 2.24) is 4.90 Å². The fourth-order valence-corrected chi connectivity index (χ4v) is 3.02. The van der Waals surface area contributed by atoms with Crippen molar-refractivity contribution >= 4 is 0 Å². The molecule has 92 valence electrons. The van der Waals surface area contributed by atoms with Gasteiger partial charge in [-0.25, -0.2) is 0 Å². The lowest BCUT2D eigenvalue weighted by atomic mass is 9.83. The van der Waals surface area contributed by atoms with Gasteiger partial charge in [-0.2, -0.15) is 0 Å². The first-order valence-electron chi connectivity index (χ1n) is 6.73. The van der Waals surface area contributed by atoms with Gasteiger partial charge in [0.05, 0.1) is 7.11 Å². The molecule has 0 aromatic heterocycles. The number of aryl methyl sites for hydroxylation is 1. The van der Waals surface area contributed by atoms with Gasteiger partial charge in [0, 0.05) is 6.54 Å². The molecule has 1 aromatic rings. The Hall–Kier alpha value is -1.02. The Morgan fingerprint density at radius 2 is 2.18 bits per heavy atom. The smallest absolute Gasteiger partial charge is 0.119 e. The van der Waals surface area contributed by atoms with Crippen LogP contribution in [0.3, 0.4) is 0 Å². The highest BCUT2D eigenvalue weighted by atomic mass is 16.5. The molecule has 3 rings (SSSR count). The zero-order valence-electron chi connectivity index (χ0n) is 10.6. The minimum atomic E-state index is 0.856. The maximum Gasteiger partial charge on any atom is 0.119 e. The Kier molecular flexibility index (Phi) is 3.06. The van der Waals surface area contributed by atoms with Gasteiger partial charge in [-0.3, -0.25) is 0 Å². The topological polar surface area (TPSA) is 12.5 Å². The number of hydrogen-bond donors (Lipinski definition) is 0. The lowest BCUT2D eigenvalue weighted by Gasteiger charge is -2.36. The van der Waals surface area contributed by atoms with Crippen LogP contribution in [0.1, 0.15) is 24.0 Å². The van der Waals surface area contributed by atoms with Crippen molar-refractivity contribution in [2.75, 3.05) is 26.7 Å². The Morgan fingerprint density at radius 1 is 1.29 bits per heavy atom. The van der Waals surface area contributed by atoms with Crippen LogP contribution >= 0.6 is 0 Å². The van der Waals surface area contributed by atoms with Crippen LogP contribution in [-0.2, 0) is 12.8 Å². The van der Waals surface area contributed by atoms with Gasteiger partial charge in [-0.1, -0.05) is 6.07 Å². The van der Waals surface area contributed by atoms with Crippen LogP contribution in [0.4, 0.5) is 0 Å². The van der Waals surface area contributed by atoms with Crippen molar-refractivity contribution < 1.29 is 4.74 Å². The van der Waals surface area contributed by atoms with Crippen molar-refractivity contribution in [2.24, 2.45) is 5.92 Å². The lowest BCUT2D eigenvalue weighted by molar-refractivity contribution is 0.146. The first-order chi connectivity index (χ1) is 8.35. The van der Waals surface area contributed by atoms with Crippen molar-refractivity contribution in [2.45, 2.75) is 25.7 Å². The Bertz CT molecular complexity index is 398. The summed E-state index contributed by atoms with van der Waals surface area (Å²) in [5.74, 6) is 1.86. The van der Waals surface area contributed by atoms with Gasteiger partial charge in [-0.15, -0.1) is 0 Å². The van der Waals surface area contributed by atoms with Crippen molar-refractivity contribution in [3.05, 3.63) is 29.3 Å². The van der Waals surface area contributed by atoms with E-state index in [9.17, 15) is 0 Å². The molecule has 2 aliphatic rings. The average molecular weight is 231 g/mol. The monoisotopic (exact) mass is 231 g/mol. The van der Waals surface area contributed by atoms with E-state index in [0.29, 0.717) is 0 Å². The zero-order chi connectivity index (χ0) is 11.7. The second kappa shape index (κ2) is 4.69. The van der Waals surface area contributed by atoms with E-state index in [2.05, 4.69) is 23.1 Å². The molecule has 2 nitrogen and oxygen atoms in total. The summed E-state index contributed by atoms with van der Waals surface area (Å²) in [6, 6.07) is 6.57. The lowest BCUT2D eigenvalue weighted by Crippen LogP contribution is -2.41. The summed E-state index contributed by atoms with van der Waals surface area (Å²) in [6.07, 6.45) is 5.24. The van der Waals surface area contributed by atoms with E-state index in [4.69, 9.17) is 4.74 Å². The van der Waals surface area contributed by atoms with Crippen LogP contribution in [0.2, 0.25) is 0 Å². The molecule has 1 aromatic carbocycles. The first-order valence-corrected chi connectivity index (χ1v) is 6.73. The van der Waals surface area contributed by atoms with Crippen molar-refractivity contribution in [3.63, 3.8) is 0 Å². The molecule has 0 amide bonds. The predicted molar refractivity (Wildman–Crippen MR) is 69.6 cm³/mol. The van der Waals surface area contributed by atoms with Gasteiger partial charge >= 0.3 is 0 Å². The number of nitrogens with zero attached hydrogens (tertiary/aromatic N) is 1. The fourth-order valence-electron chi connectivity index (χ4n) is 3.02. The molecule has 17 heavy (non-hydrogen) atoms. The van der Waals surface area contributed by atoms with Crippen molar-refractivity contribution in [1.29, 1.82) is 0 Å². The molecule has 0 unspecified atom stereocenters. The molecule has 0 saturated carbocycles. The van der Waals surface area contributed by atoms with Gasteiger partial charge in [0.2, 0.25) is 0 Å². The van der Waals surface area contributed by atoms with E-state index in [1.54, 1.807) is 7.11 Å². The molecule has 1 saturated heterocycles. The third-order valence-electron chi connectivity index (χ3n) is 4.21. The molecule has 1 fully saturated rings. The number of likely N-dealkylation sites (tertiary alicyclic amines) is 1. The highest BCUT2D eigenvalue weighted by Gasteiger charge is 2.23. The first kappa shape index (κ1) is 11.1. The third-order valence-corrected chi connectivity index (χ3v) is 4.21. The average Bonchev–Trinajstić information content (AvgIpc) is 2.33. The summed E-state index contributed by atoms with van der Waals surface area (Å²) in [6.45, 7) is 3.94. The predicted octanol–water partition coefficient (Wildman–Crippen LogP) is 2.51. The van der Waals surface area contributed by atoms with Gasteiger partial charge in [0.1, 0.15) is 5.75 Å². The number of methoxy groups -OCH3 is 1. The molecule has 1 aliphatic heterocycles. The highest BCUT2D eigenvalue weighted by molar-refractivity contribution is 5.37. The molecule has 1 heterocycles.